The van der Waals surface area contributed by atoms with Gasteiger partial charge in [-0.3, -0.25) is 4.90 Å². The Kier molecular flexibility index (Phi) is 3.35. The fraction of sp³-hybridized carbons (Fsp3) is 0.684. The van der Waals surface area contributed by atoms with E-state index in [-0.39, 0.29) is 5.54 Å². The van der Waals surface area contributed by atoms with Crippen molar-refractivity contribution in [3.63, 3.8) is 0 Å². The van der Waals surface area contributed by atoms with Crippen LogP contribution in [0.1, 0.15) is 51.0 Å². The third-order valence-electron chi connectivity index (χ3n) is 6.11. The second-order valence-corrected chi connectivity index (χ2v) is 7.81. The summed E-state index contributed by atoms with van der Waals surface area (Å²) in [6, 6.07) is 11.0. The molecule has 3 aliphatic rings. The monoisotopic (exact) mass is 284 g/mol. The Morgan fingerprint density at radius 2 is 1.86 bits per heavy atom. The van der Waals surface area contributed by atoms with Crippen LogP contribution in [0.5, 0.6) is 0 Å². The van der Waals surface area contributed by atoms with Crippen molar-refractivity contribution < 1.29 is 0 Å². The number of nitrogens with zero attached hydrogens (tertiary/aromatic N) is 1. The maximum Gasteiger partial charge on any atom is 0.0535 e. The van der Waals surface area contributed by atoms with E-state index in [0.717, 1.165) is 5.92 Å². The summed E-state index contributed by atoms with van der Waals surface area (Å²) in [4.78, 5) is 2.88. The molecule has 0 radical (unpaired) electrons. The first-order valence-electron chi connectivity index (χ1n) is 8.76. The van der Waals surface area contributed by atoms with Crippen LogP contribution in [0.4, 0.5) is 0 Å². The fourth-order valence-corrected chi connectivity index (χ4v) is 4.47. The Hall–Kier alpha value is -0.860. The molecule has 1 heterocycles. The molecule has 1 unspecified atom stereocenters. The van der Waals surface area contributed by atoms with Gasteiger partial charge in [0.1, 0.15) is 0 Å². The normalized spacial score (nSPS) is 32.6. The van der Waals surface area contributed by atoms with Crippen molar-refractivity contribution in [2.45, 2.75) is 56.5 Å². The van der Waals surface area contributed by atoms with Crippen LogP contribution in [0.3, 0.4) is 0 Å². The number of hydrogen-bond acceptors (Lipinski definition) is 2. The van der Waals surface area contributed by atoms with Crippen LogP contribution in [-0.2, 0) is 5.54 Å². The molecule has 1 aliphatic heterocycles. The number of benzene rings is 1. The van der Waals surface area contributed by atoms with Crippen LogP contribution >= 0.6 is 0 Å². The van der Waals surface area contributed by atoms with E-state index in [1.54, 1.807) is 0 Å². The molecule has 0 bridgehead atoms. The largest absolute Gasteiger partial charge is 0.305 e. The van der Waals surface area contributed by atoms with Gasteiger partial charge in [-0.15, -0.1) is 0 Å². The van der Waals surface area contributed by atoms with Gasteiger partial charge in [-0.25, -0.2) is 0 Å². The molecule has 2 heteroatoms. The van der Waals surface area contributed by atoms with E-state index < -0.39 is 0 Å². The topological polar surface area (TPSA) is 15.3 Å². The number of piperazine rings is 1. The average Bonchev–Trinajstić information content (AvgIpc) is 3.20. The lowest BCUT2D eigenvalue weighted by atomic mass is 9.82. The first kappa shape index (κ1) is 13.8. The van der Waals surface area contributed by atoms with Gasteiger partial charge in [0.25, 0.3) is 0 Å². The van der Waals surface area contributed by atoms with Crippen LogP contribution in [0.25, 0.3) is 0 Å². The molecule has 1 N–H and O–H groups in total. The maximum atomic E-state index is 3.93. The highest BCUT2D eigenvalue weighted by Crippen LogP contribution is 2.43. The lowest BCUT2D eigenvalue weighted by Gasteiger charge is -2.53. The highest BCUT2D eigenvalue weighted by atomic mass is 15.3. The summed E-state index contributed by atoms with van der Waals surface area (Å²) in [5.74, 6) is 0.987. The highest BCUT2D eigenvalue weighted by Gasteiger charge is 2.48. The maximum absolute atomic E-state index is 3.93. The van der Waals surface area contributed by atoms with Crippen LogP contribution < -0.4 is 5.32 Å². The number of nitrogens with one attached hydrogen (secondary N) is 1. The summed E-state index contributed by atoms with van der Waals surface area (Å²) in [6.07, 6.45) is 8.56. The first-order valence-corrected chi connectivity index (χ1v) is 8.76. The molecule has 1 aromatic rings. The quantitative estimate of drug-likeness (QED) is 0.913. The molecule has 114 valence electrons. The predicted octanol–water partition coefficient (Wildman–Crippen LogP) is 3.53. The lowest BCUT2D eigenvalue weighted by molar-refractivity contribution is 0.00818. The molecule has 2 saturated carbocycles. The number of hydrogen-bond donors (Lipinski definition) is 1. The van der Waals surface area contributed by atoms with E-state index >= 15 is 0 Å². The van der Waals surface area contributed by atoms with Crippen molar-refractivity contribution >= 4 is 0 Å². The Labute approximate surface area is 128 Å². The van der Waals surface area contributed by atoms with Crippen molar-refractivity contribution in [1.29, 1.82) is 0 Å². The van der Waals surface area contributed by atoms with E-state index in [4.69, 9.17) is 0 Å². The Morgan fingerprint density at radius 3 is 2.52 bits per heavy atom. The van der Waals surface area contributed by atoms with Crippen LogP contribution in [0, 0.1) is 5.92 Å². The minimum atomic E-state index is 0.115. The van der Waals surface area contributed by atoms with Crippen molar-refractivity contribution in [2.24, 2.45) is 5.92 Å². The van der Waals surface area contributed by atoms with Gasteiger partial charge in [-0.1, -0.05) is 43.2 Å². The van der Waals surface area contributed by atoms with Gasteiger partial charge in [0, 0.05) is 25.2 Å². The molecular weight excluding hydrogens is 256 g/mol. The van der Waals surface area contributed by atoms with Gasteiger partial charge in [0.15, 0.2) is 0 Å². The first-order chi connectivity index (χ1) is 10.2. The Balaban J connectivity index is 1.59. The molecular formula is C19H28N2. The molecule has 3 fully saturated rings. The van der Waals surface area contributed by atoms with E-state index in [1.807, 2.05) is 0 Å². The molecule has 0 amide bonds. The standard InChI is InChI=1S/C19H28N2/c1-18(17-7-3-2-4-8-17)15-21(13-16-9-10-16)19(14-20-18)11-5-6-12-19/h2-4,7-8,16,20H,5-6,9-15H2,1H3. The lowest BCUT2D eigenvalue weighted by Crippen LogP contribution is -2.67. The smallest absolute Gasteiger partial charge is 0.0535 e. The third kappa shape index (κ3) is 2.53. The van der Waals surface area contributed by atoms with Crippen molar-refractivity contribution in [3.05, 3.63) is 35.9 Å². The summed E-state index contributed by atoms with van der Waals surface area (Å²) in [7, 11) is 0. The second-order valence-electron chi connectivity index (χ2n) is 7.81. The third-order valence-corrected chi connectivity index (χ3v) is 6.11. The van der Waals surface area contributed by atoms with Gasteiger partial charge in [-0.05, 0) is 44.1 Å². The van der Waals surface area contributed by atoms with Crippen LogP contribution in [0.2, 0.25) is 0 Å². The van der Waals surface area contributed by atoms with E-state index in [9.17, 15) is 0 Å². The zero-order valence-corrected chi connectivity index (χ0v) is 13.3. The van der Waals surface area contributed by atoms with Gasteiger partial charge >= 0.3 is 0 Å². The summed E-state index contributed by atoms with van der Waals surface area (Å²) >= 11 is 0. The zero-order valence-electron chi connectivity index (χ0n) is 13.3. The molecule has 4 rings (SSSR count). The Bertz CT molecular complexity index is 488. The number of rotatable bonds is 3. The zero-order chi connectivity index (χ0) is 14.3. The van der Waals surface area contributed by atoms with Gasteiger partial charge in [0.05, 0.1) is 5.54 Å². The average molecular weight is 284 g/mol. The molecule has 1 atom stereocenters. The van der Waals surface area contributed by atoms with Gasteiger partial charge < -0.3 is 5.32 Å². The molecule has 2 aliphatic carbocycles. The van der Waals surface area contributed by atoms with E-state index in [1.165, 1.54) is 63.7 Å². The van der Waals surface area contributed by atoms with Crippen molar-refractivity contribution in [2.75, 3.05) is 19.6 Å². The SMILES string of the molecule is CC1(c2ccccc2)CN(CC2CC2)C2(CCCC2)CN1. The predicted molar refractivity (Wildman–Crippen MR) is 87.3 cm³/mol. The molecule has 2 nitrogen and oxygen atoms in total. The summed E-state index contributed by atoms with van der Waals surface area (Å²) < 4.78 is 0. The van der Waals surface area contributed by atoms with E-state index in [0.29, 0.717) is 5.54 Å². The van der Waals surface area contributed by atoms with Crippen molar-refractivity contribution in [3.8, 4) is 0 Å². The highest BCUT2D eigenvalue weighted by molar-refractivity contribution is 5.26. The molecule has 0 aromatic heterocycles. The summed E-state index contributed by atoms with van der Waals surface area (Å²) in [5.41, 5.74) is 2.03. The minimum Gasteiger partial charge on any atom is -0.305 e. The van der Waals surface area contributed by atoms with Crippen molar-refractivity contribution in [1.82, 2.24) is 10.2 Å². The molecule has 1 saturated heterocycles. The van der Waals surface area contributed by atoms with E-state index in [2.05, 4.69) is 47.5 Å². The van der Waals surface area contributed by atoms with Gasteiger partial charge in [-0.2, -0.15) is 0 Å². The molecule has 1 spiro atoms. The fourth-order valence-electron chi connectivity index (χ4n) is 4.47. The van der Waals surface area contributed by atoms with Gasteiger partial charge in [0.2, 0.25) is 0 Å². The summed E-state index contributed by atoms with van der Waals surface area (Å²) in [6.45, 7) is 6.08. The van der Waals surface area contributed by atoms with Crippen LogP contribution in [-0.4, -0.2) is 30.1 Å². The summed E-state index contributed by atoms with van der Waals surface area (Å²) in [5, 5.41) is 3.93. The Morgan fingerprint density at radius 1 is 1.14 bits per heavy atom. The minimum absolute atomic E-state index is 0.115. The molecule has 1 aromatic carbocycles. The molecule has 21 heavy (non-hydrogen) atoms. The van der Waals surface area contributed by atoms with Crippen LogP contribution in [0.15, 0.2) is 30.3 Å². The second kappa shape index (κ2) is 5.10.